The summed E-state index contributed by atoms with van der Waals surface area (Å²) in [5.74, 6) is 1.93. The molecular formula is C21H23ClN3O2+. The van der Waals surface area contributed by atoms with Gasteiger partial charge in [0.1, 0.15) is 18.9 Å². The second-order valence-electron chi connectivity index (χ2n) is 6.44. The van der Waals surface area contributed by atoms with Crippen molar-refractivity contribution in [2.75, 3.05) is 13.7 Å². The van der Waals surface area contributed by atoms with Crippen molar-refractivity contribution in [2.24, 2.45) is 0 Å². The van der Waals surface area contributed by atoms with Crippen molar-refractivity contribution in [3.8, 4) is 17.2 Å². The molecule has 0 aliphatic rings. The number of ether oxygens (including phenoxy) is 1. The lowest BCUT2D eigenvalue weighted by atomic mass is 10.2. The third kappa shape index (κ3) is 4.96. The average molecular weight is 385 g/mol. The highest BCUT2D eigenvalue weighted by atomic mass is 35.5. The summed E-state index contributed by atoms with van der Waals surface area (Å²) >= 11 is 6.04. The van der Waals surface area contributed by atoms with Gasteiger partial charge in [-0.1, -0.05) is 30.3 Å². The van der Waals surface area contributed by atoms with Crippen molar-refractivity contribution in [3.63, 3.8) is 0 Å². The molecule has 3 aromatic rings. The number of nitrogens with one attached hydrogen (secondary N) is 1. The molecule has 1 unspecified atom stereocenters. The molecule has 27 heavy (non-hydrogen) atoms. The molecule has 0 radical (unpaired) electrons. The van der Waals surface area contributed by atoms with Crippen LogP contribution in [0.25, 0.3) is 11.5 Å². The van der Waals surface area contributed by atoms with Crippen molar-refractivity contribution in [1.82, 2.24) is 10.2 Å². The number of benzene rings is 2. The Morgan fingerprint density at radius 2 is 2.00 bits per heavy atom. The van der Waals surface area contributed by atoms with Crippen molar-refractivity contribution in [1.29, 1.82) is 0 Å². The molecule has 1 N–H and O–H groups in total. The van der Waals surface area contributed by atoms with Crippen LogP contribution in [0.1, 0.15) is 24.4 Å². The zero-order valence-corrected chi connectivity index (χ0v) is 16.2. The van der Waals surface area contributed by atoms with E-state index in [1.165, 1.54) is 10.5 Å². The average Bonchev–Trinajstić information content (AvgIpc) is 3.17. The molecule has 2 atom stereocenters. The summed E-state index contributed by atoms with van der Waals surface area (Å²) in [6.45, 7) is 7.07. The molecule has 1 aromatic heterocycles. The summed E-state index contributed by atoms with van der Waals surface area (Å²) in [6.07, 6.45) is 1.73. The standard InChI is InChI=1S/C21H22ClN3O2/c1-4-12-26-19-10-8-16(9-11-19)14-25(3)15(2)20-23-24-21(27-20)17-6-5-7-18(22)13-17/h4-11,13,15H,1,12,14H2,2-3H3/p+1/t15-/m0/s1. The van der Waals surface area contributed by atoms with Crippen LogP contribution in [0.5, 0.6) is 5.75 Å². The van der Waals surface area contributed by atoms with Crippen LogP contribution >= 0.6 is 11.6 Å². The molecule has 3 rings (SSSR count). The van der Waals surface area contributed by atoms with Crippen LogP contribution in [0.2, 0.25) is 5.02 Å². The molecule has 0 saturated heterocycles. The van der Waals surface area contributed by atoms with E-state index in [0.29, 0.717) is 23.4 Å². The molecule has 2 aromatic carbocycles. The Hall–Kier alpha value is -2.63. The van der Waals surface area contributed by atoms with E-state index in [4.69, 9.17) is 20.8 Å². The predicted octanol–water partition coefficient (Wildman–Crippen LogP) is 3.73. The summed E-state index contributed by atoms with van der Waals surface area (Å²) < 4.78 is 11.4. The summed E-state index contributed by atoms with van der Waals surface area (Å²) in [5.41, 5.74) is 2.03. The monoisotopic (exact) mass is 384 g/mol. The van der Waals surface area contributed by atoms with E-state index in [2.05, 4.69) is 42.9 Å². The Morgan fingerprint density at radius 3 is 2.70 bits per heavy atom. The number of quaternary nitrogens is 1. The quantitative estimate of drug-likeness (QED) is 0.601. The van der Waals surface area contributed by atoms with Crippen molar-refractivity contribution in [2.45, 2.75) is 19.5 Å². The van der Waals surface area contributed by atoms with Crippen LogP contribution in [0.3, 0.4) is 0 Å². The summed E-state index contributed by atoms with van der Waals surface area (Å²) in [5, 5.41) is 9.03. The third-order valence-electron chi connectivity index (χ3n) is 4.40. The van der Waals surface area contributed by atoms with Crippen LogP contribution in [0, 0.1) is 0 Å². The molecule has 0 aliphatic carbocycles. The van der Waals surface area contributed by atoms with Crippen molar-refractivity contribution >= 4 is 11.6 Å². The van der Waals surface area contributed by atoms with Gasteiger partial charge in [0.25, 0.3) is 5.89 Å². The van der Waals surface area contributed by atoms with E-state index >= 15 is 0 Å². The molecule has 0 amide bonds. The van der Waals surface area contributed by atoms with Gasteiger partial charge < -0.3 is 14.1 Å². The van der Waals surface area contributed by atoms with Crippen molar-refractivity contribution < 1.29 is 14.1 Å². The molecule has 1 heterocycles. The number of aromatic nitrogens is 2. The molecular weight excluding hydrogens is 362 g/mol. The highest BCUT2D eigenvalue weighted by Crippen LogP contribution is 2.22. The molecule has 0 bridgehead atoms. The topological polar surface area (TPSA) is 52.6 Å². The van der Waals surface area contributed by atoms with Crippen LogP contribution in [-0.4, -0.2) is 23.9 Å². The molecule has 0 aliphatic heterocycles. The lowest BCUT2D eigenvalue weighted by Crippen LogP contribution is -3.07. The van der Waals surface area contributed by atoms with E-state index in [0.717, 1.165) is 17.9 Å². The van der Waals surface area contributed by atoms with Crippen molar-refractivity contribution in [3.05, 3.63) is 77.7 Å². The number of nitrogens with zero attached hydrogens (tertiary/aromatic N) is 2. The van der Waals surface area contributed by atoms with E-state index in [-0.39, 0.29) is 6.04 Å². The van der Waals surface area contributed by atoms with Gasteiger partial charge in [-0.15, -0.1) is 10.2 Å². The Morgan fingerprint density at radius 1 is 1.22 bits per heavy atom. The number of rotatable bonds is 8. The molecule has 0 spiro atoms. The molecule has 0 saturated carbocycles. The highest BCUT2D eigenvalue weighted by molar-refractivity contribution is 6.30. The summed E-state index contributed by atoms with van der Waals surface area (Å²) in [4.78, 5) is 1.25. The van der Waals surface area contributed by atoms with E-state index in [1.54, 1.807) is 6.08 Å². The van der Waals surface area contributed by atoms with Gasteiger partial charge in [-0.25, -0.2) is 0 Å². The smallest absolute Gasteiger partial charge is 0.274 e. The second kappa shape index (κ2) is 8.84. The Labute approximate surface area is 164 Å². The number of hydrogen-bond donors (Lipinski definition) is 1. The first-order valence-electron chi connectivity index (χ1n) is 8.81. The first-order valence-corrected chi connectivity index (χ1v) is 9.19. The summed E-state index contributed by atoms with van der Waals surface area (Å²) in [7, 11) is 2.11. The Kier molecular flexibility index (Phi) is 6.27. The summed E-state index contributed by atoms with van der Waals surface area (Å²) in [6, 6.07) is 15.5. The lowest BCUT2D eigenvalue weighted by Gasteiger charge is -2.19. The Bertz CT molecular complexity index is 892. The minimum atomic E-state index is 0.0575. The fraction of sp³-hybridized carbons (Fsp3) is 0.238. The lowest BCUT2D eigenvalue weighted by molar-refractivity contribution is -0.925. The molecule has 0 fully saturated rings. The van der Waals surface area contributed by atoms with E-state index in [1.807, 2.05) is 36.4 Å². The van der Waals surface area contributed by atoms with Gasteiger partial charge in [0.05, 0.1) is 7.05 Å². The Balaban J connectivity index is 1.65. The van der Waals surface area contributed by atoms with Gasteiger partial charge in [0.15, 0.2) is 6.04 Å². The zero-order chi connectivity index (χ0) is 19.2. The van der Waals surface area contributed by atoms with Crippen LogP contribution in [0.15, 0.2) is 65.6 Å². The zero-order valence-electron chi connectivity index (χ0n) is 15.5. The van der Waals surface area contributed by atoms with Crippen LogP contribution in [0.4, 0.5) is 0 Å². The fourth-order valence-corrected chi connectivity index (χ4v) is 2.88. The maximum Gasteiger partial charge on any atom is 0.274 e. The largest absolute Gasteiger partial charge is 0.490 e. The van der Waals surface area contributed by atoms with Gasteiger partial charge >= 0.3 is 0 Å². The van der Waals surface area contributed by atoms with Crippen LogP contribution < -0.4 is 9.64 Å². The minimum Gasteiger partial charge on any atom is -0.490 e. The molecule has 140 valence electrons. The second-order valence-corrected chi connectivity index (χ2v) is 6.88. The van der Waals surface area contributed by atoms with Crippen LogP contribution in [-0.2, 0) is 6.54 Å². The van der Waals surface area contributed by atoms with Gasteiger partial charge in [-0.05, 0) is 49.4 Å². The highest BCUT2D eigenvalue weighted by Gasteiger charge is 2.22. The molecule has 5 nitrogen and oxygen atoms in total. The number of halogens is 1. The number of hydrogen-bond acceptors (Lipinski definition) is 4. The SMILES string of the molecule is C=CCOc1ccc(C[NH+](C)[C@@H](C)c2nnc(-c3cccc(Cl)c3)o2)cc1. The maximum atomic E-state index is 6.04. The van der Waals surface area contributed by atoms with E-state index < -0.39 is 0 Å². The van der Waals surface area contributed by atoms with Gasteiger partial charge in [0.2, 0.25) is 5.89 Å². The first-order chi connectivity index (χ1) is 13.1. The first kappa shape index (κ1) is 19.1. The van der Waals surface area contributed by atoms with E-state index in [9.17, 15) is 0 Å². The molecule has 6 heteroatoms. The predicted molar refractivity (Wildman–Crippen MR) is 106 cm³/mol. The minimum absolute atomic E-state index is 0.0575. The third-order valence-corrected chi connectivity index (χ3v) is 4.63. The normalized spacial score (nSPS) is 13.1. The maximum absolute atomic E-state index is 6.04. The van der Waals surface area contributed by atoms with Gasteiger partial charge in [0, 0.05) is 16.1 Å². The van der Waals surface area contributed by atoms with Gasteiger partial charge in [-0.3, -0.25) is 0 Å². The van der Waals surface area contributed by atoms with Gasteiger partial charge in [-0.2, -0.15) is 0 Å². The fourth-order valence-electron chi connectivity index (χ4n) is 2.69.